The van der Waals surface area contributed by atoms with E-state index >= 15 is 0 Å². The third kappa shape index (κ3) is 1.97. The van der Waals surface area contributed by atoms with Gasteiger partial charge in [0.2, 0.25) is 0 Å². The minimum atomic E-state index is -4.15. The molecule has 72 valence electrons. The predicted molar refractivity (Wildman–Crippen MR) is 49.3 cm³/mol. The second kappa shape index (κ2) is 3.22. The van der Waals surface area contributed by atoms with Crippen LogP contribution in [-0.4, -0.2) is 14.8 Å². The Morgan fingerprint density at radius 3 is 2.38 bits per heavy atom. The first-order valence-corrected chi connectivity index (χ1v) is 5.44. The molecule has 1 rings (SSSR count). The fourth-order valence-electron chi connectivity index (χ4n) is 0.874. The fourth-order valence-corrected chi connectivity index (χ4v) is 1.30. The Hall–Kier alpha value is -0.700. The number of rotatable bonds is 2. The molecule has 0 fully saturated rings. The Labute approximate surface area is 76.8 Å². The van der Waals surface area contributed by atoms with E-state index < -0.39 is 12.8 Å². The molecular formula is C8H12NO3P. The lowest BCUT2D eigenvalue weighted by atomic mass is 10.1. The van der Waals surface area contributed by atoms with Crippen LogP contribution < -0.4 is 0 Å². The van der Waals surface area contributed by atoms with E-state index in [2.05, 4.69) is 4.98 Å². The largest absolute Gasteiger partial charge is 0.337 e. The molecule has 0 bridgehead atoms. The van der Waals surface area contributed by atoms with Gasteiger partial charge < -0.3 is 9.79 Å². The molecule has 5 heteroatoms. The van der Waals surface area contributed by atoms with Gasteiger partial charge in [0, 0.05) is 6.20 Å². The molecule has 0 aliphatic rings. The molecule has 0 aromatic carbocycles. The summed E-state index contributed by atoms with van der Waals surface area (Å²) in [6.45, 7) is 2.96. The van der Waals surface area contributed by atoms with Crippen LogP contribution >= 0.6 is 7.60 Å². The number of pyridine rings is 1. The normalized spacial score (nSPS) is 12.9. The van der Waals surface area contributed by atoms with E-state index in [1.54, 1.807) is 18.2 Å². The monoisotopic (exact) mass is 201 g/mol. The van der Waals surface area contributed by atoms with Gasteiger partial charge in [0.15, 0.2) is 0 Å². The first-order chi connectivity index (χ1) is 5.86. The lowest BCUT2D eigenvalue weighted by Crippen LogP contribution is -2.18. The van der Waals surface area contributed by atoms with Crippen molar-refractivity contribution in [1.82, 2.24) is 4.98 Å². The van der Waals surface area contributed by atoms with Crippen molar-refractivity contribution >= 4 is 7.60 Å². The molecule has 0 unspecified atom stereocenters. The summed E-state index contributed by atoms with van der Waals surface area (Å²) in [5.74, 6) is 0. The fraction of sp³-hybridized carbons (Fsp3) is 0.375. The van der Waals surface area contributed by atoms with Gasteiger partial charge in [-0.25, -0.2) is 0 Å². The van der Waals surface area contributed by atoms with E-state index in [-0.39, 0.29) is 0 Å². The van der Waals surface area contributed by atoms with E-state index in [0.717, 1.165) is 0 Å². The number of aromatic nitrogens is 1. The molecule has 2 N–H and O–H groups in total. The van der Waals surface area contributed by atoms with Crippen molar-refractivity contribution in [2.45, 2.75) is 19.0 Å². The smallest absolute Gasteiger partial charge is 0.324 e. The summed E-state index contributed by atoms with van der Waals surface area (Å²) >= 11 is 0. The van der Waals surface area contributed by atoms with Gasteiger partial charge in [0.25, 0.3) is 0 Å². The van der Waals surface area contributed by atoms with Crippen LogP contribution in [0.3, 0.4) is 0 Å². The Morgan fingerprint density at radius 2 is 2.00 bits per heavy atom. The molecule has 0 atom stereocenters. The molecule has 1 aromatic heterocycles. The molecule has 0 aliphatic carbocycles. The molecule has 4 nitrogen and oxygen atoms in total. The summed E-state index contributed by atoms with van der Waals surface area (Å²) in [6.07, 6.45) is 1.52. The van der Waals surface area contributed by atoms with Gasteiger partial charge in [-0.05, 0) is 26.0 Å². The van der Waals surface area contributed by atoms with Crippen LogP contribution in [0.25, 0.3) is 0 Å². The van der Waals surface area contributed by atoms with Crippen LogP contribution in [0.5, 0.6) is 0 Å². The maximum absolute atomic E-state index is 11.1. The SMILES string of the molecule is CC(C)(c1ccccn1)P(=O)(O)O. The molecule has 0 aliphatic heterocycles. The summed E-state index contributed by atoms with van der Waals surface area (Å²) in [7, 11) is -4.15. The predicted octanol–water partition coefficient (Wildman–Crippen LogP) is 1.49. The number of hydrogen-bond donors (Lipinski definition) is 2. The highest BCUT2D eigenvalue weighted by Crippen LogP contribution is 2.55. The average molecular weight is 201 g/mol. The molecule has 0 saturated carbocycles. The molecular weight excluding hydrogens is 189 g/mol. The lowest BCUT2D eigenvalue weighted by molar-refractivity contribution is 0.336. The molecule has 0 spiro atoms. The van der Waals surface area contributed by atoms with Crippen molar-refractivity contribution in [2.75, 3.05) is 0 Å². The molecule has 0 saturated heterocycles. The first kappa shape index (κ1) is 10.4. The Morgan fingerprint density at radius 1 is 1.38 bits per heavy atom. The summed E-state index contributed by atoms with van der Waals surface area (Å²) in [5, 5.41) is -1.21. The highest BCUT2D eigenvalue weighted by Gasteiger charge is 2.40. The third-order valence-corrected chi connectivity index (χ3v) is 3.71. The maximum Gasteiger partial charge on any atom is 0.337 e. The van der Waals surface area contributed by atoms with Crippen molar-refractivity contribution in [1.29, 1.82) is 0 Å². The van der Waals surface area contributed by atoms with E-state index in [1.807, 2.05) is 0 Å². The number of nitrogens with zero attached hydrogens (tertiary/aromatic N) is 1. The molecule has 0 radical (unpaired) electrons. The van der Waals surface area contributed by atoms with Crippen molar-refractivity contribution in [2.24, 2.45) is 0 Å². The summed E-state index contributed by atoms with van der Waals surface area (Å²) < 4.78 is 11.1. The minimum Gasteiger partial charge on any atom is -0.324 e. The van der Waals surface area contributed by atoms with E-state index in [1.165, 1.54) is 20.0 Å². The van der Waals surface area contributed by atoms with Gasteiger partial charge in [-0.2, -0.15) is 0 Å². The van der Waals surface area contributed by atoms with Crippen LogP contribution in [0, 0.1) is 0 Å². The zero-order valence-corrected chi connectivity index (χ0v) is 8.40. The van der Waals surface area contributed by atoms with Crippen LogP contribution in [0.1, 0.15) is 19.5 Å². The van der Waals surface area contributed by atoms with Crippen molar-refractivity contribution in [3.05, 3.63) is 30.1 Å². The van der Waals surface area contributed by atoms with Gasteiger partial charge in [-0.3, -0.25) is 9.55 Å². The zero-order valence-electron chi connectivity index (χ0n) is 7.51. The van der Waals surface area contributed by atoms with Gasteiger partial charge in [0.1, 0.15) is 5.16 Å². The quantitative estimate of drug-likeness (QED) is 0.711. The molecule has 1 heterocycles. The van der Waals surface area contributed by atoms with E-state index in [0.29, 0.717) is 5.69 Å². The Balaban J connectivity index is 3.16. The Kier molecular flexibility index (Phi) is 2.57. The van der Waals surface area contributed by atoms with Crippen LogP contribution in [0.15, 0.2) is 24.4 Å². The molecule has 13 heavy (non-hydrogen) atoms. The second-order valence-corrected chi connectivity index (χ2v) is 5.52. The van der Waals surface area contributed by atoms with Gasteiger partial charge >= 0.3 is 7.60 Å². The lowest BCUT2D eigenvalue weighted by Gasteiger charge is -2.24. The van der Waals surface area contributed by atoms with Crippen molar-refractivity contribution in [3.8, 4) is 0 Å². The second-order valence-electron chi connectivity index (χ2n) is 3.32. The van der Waals surface area contributed by atoms with Crippen LogP contribution in [-0.2, 0) is 9.72 Å². The average Bonchev–Trinajstić information content (AvgIpc) is 2.04. The highest BCUT2D eigenvalue weighted by atomic mass is 31.2. The standard InChI is InChI=1S/C8H12NO3P/c1-8(2,13(10,11)12)7-5-3-4-6-9-7/h3-6H,1-2H3,(H2,10,11,12). The first-order valence-electron chi connectivity index (χ1n) is 3.83. The zero-order chi connectivity index (χ0) is 10.1. The summed E-state index contributed by atoms with van der Waals surface area (Å²) in [5.41, 5.74) is 0.406. The van der Waals surface area contributed by atoms with E-state index in [9.17, 15) is 4.57 Å². The number of hydrogen-bond acceptors (Lipinski definition) is 2. The topological polar surface area (TPSA) is 70.4 Å². The van der Waals surface area contributed by atoms with Crippen LogP contribution in [0.2, 0.25) is 0 Å². The molecule has 1 aromatic rings. The van der Waals surface area contributed by atoms with Crippen molar-refractivity contribution < 1.29 is 14.4 Å². The highest BCUT2D eigenvalue weighted by molar-refractivity contribution is 7.53. The van der Waals surface area contributed by atoms with Gasteiger partial charge in [0.05, 0.1) is 5.69 Å². The summed E-state index contributed by atoms with van der Waals surface area (Å²) in [6, 6.07) is 5.03. The minimum absolute atomic E-state index is 0.406. The van der Waals surface area contributed by atoms with Crippen LogP contribution in [0.4, 0.5) is 0 Å². The maximum atomic E-state index is 11.1. The van der Waals surface area contributed by atoms with Gasteiger partial charge in [-0.1, -0.05) is 6.07 Å². The van der Waals surface area contributed by atoms with Crippen molar-refractivity contribution in [3.63, 3.8) is 0 Å². The Bertz CT molecular complexity index is 331. The van der Waals surface area contributed by atoms with Gasteiger partial charge in [-0.15, -0.1) is 0 Å². The molecule has 0 amide bonds. The summed E-state index contributed by atoms with van der Waals surface area (Å²) in [4.78, 5) is 22.1. The third-order valence-electron chi connectivity index (χ3n) is 2.02. The van der Waals surface area contributed by atoms with E-state index in [4.69, 9.17) is 9.79 Å².